The van der Waals surface area contributed by atoms with Crippen LogP contribution in [0.4, 0.5) is 0 Å². The molecule has 3 aliphatic rings. The van der Waals surface area contributed by atoms with Crippen molar-refractivity contribution < 1.29 is 79.5 Å². The third kappa shape index (κ3) is 6.38. The van der Waals surface area contributed by atoms with E-state index in [1.807, 2.05) is 0 Å². The lowest BCUT2D eigenvalue weighted by molar-refractivity contribution is -0.372. The summed E-state index contributed by atoms with van der Waals surface area (Å²) in [5.74, 6) is -0.637. The molecular weight excluding hydrogens is 510 g/mol. The Morgan fingerprint density at radius 2 is 1.14 bits per heavy atom. The van der Waals surface area contributed by atoms with Crippen LogP contribution in [0, 0.1) is 0 Å². The SMILES string of the molecule is CC(=O)N[C@@H]1[C@@H](O[C@H]2O[C@H](CO)[C@H](O[C@H]3O[C@H](CO)[C@@H](O)[C@H](O)[C@H]3O)[C@H](O)[C@H]2O)[C@H](O)[C@@H](CO)O[C@@H]1O. The van der Waals surface area contributed by atoms with Crippen LogP contribution in [0.2, 0.25) is 0 Å². The molecule has 17 nitrogen and oxygen atoms in total. The van der Waals surface area contributed by atoms with Gasteiger partial charge in [-0.15, -0.1) is 0 Å². The van der Waals surface area contributed by atoms with E-state index in [0.29, 0.717) is 0 Å². The van der Waals surface area contributed by atoms with E-state index in [1.165, 1.54) is 0 Å². The van der Waals surface area contributed by atoms with E-state index in [9.17, 15) is 55.9 Å². The zero-order chi connectivity index (χ0) is 27.6. The molecule has 0 unspecified atom stereocenters. The molecule has 0 saturated carbocycles. The highest BCUT2D eigenvalue weighted by Crippen LogP contribution is 2.32. The van der Waals surface area contributed by atoms with Gasteiger partial charge in [0.25, 0.3) is 0 Å². The average Bonchev–Trinajstić information content (AvgIpc) is 2.87. The van der Waals surface area contributed by atoms with Gasteiger partial charge in [-0.2, -0.15) is 0 Å². The maximum Gasteiger partial charge on any atom is 0.217 e. The first-order valence-electron chi connectivity index (χ1n) is 11.6. The summed E-state index contributed by atoms with van der Waals surface area (Å²) in [5, 5.41) is 103. The molecule has 3 aliphatic heterocycles. The van der Waals surface area contributed by atoms with Crippen molar-refractivity contribution in [2.45, 2.75) is 99.0 Å². The Labute approximate surface area is 210 Å². The first-order chi connectivity index (χ1) is 17.4. The minimum atomic E-state index is -1.93. The lowest BCUT2D eigenvalue weighted by Gasteiger charge is -2.48. The fourth-order valence-electron chi connectivity index (χ4n) is 4.46. The van der Waals surface area contributed by atoms with Crippen LogP contribution >= 0.6 is 0 Å². The number of rotatable bonds is 8. The predicted octanol–water partition coefficient (Wildman–Crippen LogP) is -7.43. The lowest BCUT2D eigenvalue weighted by atomic mass is 9.95. The van der Waals surface area contributed by atoms with Crippen LogP contribution in [0.3, 0.4) is 0 Å². The number of aliphatic hydroxyl groups is 10. The second-order valence-corrected chi connectivity index (χ2v) is 9.07. The van der Waals surface area contributed by atoms with Crippen molar-refractivity contribution in [3.05, 3.63) is 0 Å². The molecule has 0 aromatic rings. The lowest BCUT2D eigenvalue weighted by Crippen LogP contribution is -2.68. The summed E-state index contributed by atoms with van der Waals surface area (Å²) >= 11 is 0. The number of carbonyl (C=O) groups excluding carboxylic acids is 1. The minimum Gasteiger partial charge on any atom is -0.394 e. The van der Waals surface area contributed by atoms with Crippen molar-refractivity contribution in [1.82, 2.24) is 5.32 Å². The quantitative estimate of drug-likeness (QED) is 0.135. The fourth-order valence-corrected chi connectivity index (χ4v) is 4.46. The molecule has 0 bridgehead atoms. The van der Waals surface area contributed by atoms with Crippen LogP contribution < -0.4 is 5.32 Å². The van der Waals surface area contributed by atoms with Crippen LogP contribution in [0.15, 0.2) is 0 Å². The van der Waals surface area contributed by atoms with E-state index in [2.05, 4.69) is 5.32 Å². The third-order valence-corrected chi connectivity index (χ3v) is 6.49. The Hall–Kier alpha value is -1.13. The normalized spacial score (nSPS) is 49.0. The predicted molar refractivity (Wildman–Crippen MR) is 113 cm³/mol. The Morgan fingerprint density at radius 3 is 1.68 bits per heavy atom. The van der Waals surface area contributed by atoms with Gasteiger partial charge in [-0.05, 0) is 0 Å². The monoisotopic (exact) mass is 545 g/mol. The molecule has 3 saturated heterocycles. The summed E-state index contributed by atoms with van der Waals surface area (Å²) < 4.78 is 26.9. The first kappa shape index (κ1) is 30.4. The van der Waals surface area contributed by atoms with E-state index in [-0.39, 0.29) is 0 Å². The summed E-state index contributed by atoms with van der Waals surface area (Å²) in [4.78, 5) is 11.6. The molecule has 0 aromatic carbocycles. The smallest absolute Gasteiger partial charge is 0.217 e. The van der Waals surface area contributed by atoms with Crippen LogP contribution in [0.25, 0.3) is 0 Å². The van der Waals surface area contributed by atoms with Gasteiger partial charge in [0.2, 0.25) is 5.91 Å². The van der Waals surface area contributed by atoms with Crippen LogP contribution in [-0.4, -0.2) is 169 Å². The molecule has 0 spiro atoms. The van der Waals surface area contributed by atoms with Gasteiger partial charge in [0.1, 0.15) is 73.2 Å². The van der Waals surface area contributed by atoms with Crippen LogP contribution in [-0.2, 0) is 28.5 Å². The molecular formula is C20H35NO16. The van der Waals surface area contributed by atoms with Gasteiger partial charge in [-0.1, -0.05) is 0 Å². The van der Waals surface area contributed by atoms with Crippen molar-refractivity contribution in [3.8, 4) is 0 Å². The highest BCUT2D eigenvalue weighted by atomic mass is 16.7. The fraction of sp³-hybridized carbons (Fsp3) is 0.950. The number of nitrogens with one attached hydrogen (secondary N) is 1. The number of amides is 1. The van der Waals surface area contributed by atoms with Gasteiger partial charge in [0, 0.05) is 6.92 Å². The minimum absolute atomic E-state index is 0.637. The van der Waals surface area contributed by atoms with E-state index in [1.54, 1.807) is 0 Å². The maximum atomic E-state index is 11.6. The average molecular weight is 545 g/mol. The molecule has 216 valence electrons. The molecule has 0 aliphatic carbocycles. The molecule has 15 atom stereocenters. The Kier molecular flexibility index (Phi) is 10.5. The zero-order valence-corrected chi connectivity index (χ0v) is 19.7. The molecule has 37 heavy (non-hydrogen) atoms. The molecule has 0 aromatic heterocycles. The summed E-state index contributed by atoms with van der Waals surface area (Å²) in [6.07, 6.45) is -23.3. The zero-order valence-electron chi connectivity index (χ0n) is 19.7. The molecule has 3 heterocycles. The number of hydrogen-bond acceptors (Lipinski definition) is 16. The Morgan fingerprint density at radius 1 is 0.649 bits per heavy atom. The molecule has 3 fully saturated rings. The number of ether oxygens (including phenoxy) is 5. The van der Waals surface area contributed by atoms with Gasteiger partial charge in [0.15, 0.2) is 18.9 Å². The van der Waals surface area contributed by atoms with E-state index in [4.69, 9.17) is 23.7 Å². The van der Waals surface area contributed by atoms with Gasteiger partial charge < -0.3 is 80.1 Å². The van der Waals surface area contributed by atoms with Gasteiger partial charge in [-0.25, -0.2) is 0 Å². The van der Waals surface area contributed by atoms with Crippen molar-refractivity contribution in [3.63, 3.8) is 0 Å². The second-order valence-electron chi connectivity index (χ2n) is 9.07. The molecule has 0 radical (unpaired) electrons. The maximum absolute atomic E-state index is 11.6. The standard InChI is InChI=1S/C20H35NO16/c1-5(25)21-9-17(11(27)7(3-23)33-18(9)32)37-20-15(31)13(29)16(8(4-24)35-20)36-19-14(30)12(28)10(26)6(2-22)34-19/h6-20,22-24,26-32H,2-4H2,1H3,(H,21,25)/t6-,7-,8-,9-,10-,11-,12+,13-,14-,15-,16+,17-,18+,19-,20-/m1/s1. The Bertz CT molecular complexity index is 743. The molecule has 1 amide bonds. The number of hydrogen-bond donors (Lipinski definition) is 11. The molecule has 3 rings (SSSR count). The highest BCUT2D eigenvalue weighted by molar-refractivity contribution is 5.73. The summed E-state index contributed by atoms with van der Waals surface area (Å²) in [6, 6.07) is -1.39. The third-order valence-electron chi connectivity index (χ3n) is 6.49. The van der Waals surface area contributed by atoms with Gasteiger partial charge in [0.05, 0.1) is 19.8 Å². The van der Waals surface area contributed by atoms with E-state index >= 15 is 0 Å². The highest BCUT2D eigenvalue weighted by Gasteiger charge is 2.53. The second kappa shape index (κ2) is 12.8. The van der Waals surface area contributed by atoms with Crippen molar-refractivity contribution in [2.24, 2.45) is 0 Å². The number of aliphatic hydroxyl groups excluding tert-OH is 10. The van der Waals surface area contributed by atoms with Crippen molar-refractivity contribution >= 4 is 5.91 Å². The van der Waals surface area contributed by atoms with Crippen LogP contribution in [0.1, 0.15) is 6.92 Å². The van der Waals surface area contributed by atoms with Crippen molar-refractivity contribution in [2.75, 3.05) is 19.8 Å². The van der Waals surface area contributed by atoms with E-state index in [0.717, 1.165) is 6.92 Å². The Balaban J connectivity index is 1.76. The largest absolute Gasteiger partial charge is 0.394 e. The topological polar surface area (TPSA) is 278 Å². The van der Waals surface area contributed by atoms with Crippen molar-refractivity contribution in [1.29, 1.82) is 0 Å². The summed E-state index contributed by atoms with van der Waals surface area (Å²) in [5.41, 5.74) is 0. The van der Waals surface area contributed by atoms with E-state index < -0.39 is 118 Å². The summed E-state index contributed by atoms with van der Waals surface area (Å²) in [6.45, 7) is -1.21. The van der Waals surface area contributed by atoms with Gasteiger partial charge in [-0.3, -0.25) is 4.79 Å². The molecule has 17 heteroatoms. The molecule has 11 N–H and O–H groups in total. The van der Waals surface area contributed by atoms with Gasteiger partial charge >= 0.3 is 0 Å². The summed E-state index contributed by atoms with van der Waals surface area (Å²) in [7, 11) is 0. The number of carbonyl (C=O) groups is 1. The first-order valence-corrected chi connectivity index (χ1v) is 11.6. The van der Waals surface area contributed by atoms with Crippen LogP contribution in [0.5, 0.6) is 0 Å².